The van der Waals surface area contributed by atoms with Gasteiger partial charge < -0.3 is 15.3 Å². The molecule has 0 spiro atoms. The number of phenolic OH excluding ortho intramolecular Hbond substituents is 3. The minimum Gasteiger partial charge on any atom is -0.505 e. The maximum Gasteiger partial charge on any atom is 0.199 e. The Labute approximate surface area is 133 Å². The van der Waals surface area contributed by atoms with Gasteiger partial charge in [-0.3, -0.25) is 0 Å². The first kappa shape index (κ1) is 18.0. The molecule has 0 aliphatic heterocycles. The van der Waals surface area contributed by atoms with Gasteiger partial charge in [-0.25, -0.2) is 0 Å². The van der Waals surface area contributed by atoms with Crippen LogP contribution < -0.4 is 5.46 Å². The van der Waals surface area contributed by atoms with E-state index in [1.807, 2.05) is 34.6 Å². The Morgan fingerprint density at radius 2 is 1.32 bits per heavy atom. The highest BCUT2D eigenvalue weighted by atomic mass is 16.3. The van der Waals surface area contributed by atoms with Gasteiger partial charge in [0, 0.05) is 5.56 Å². The first-order chi connectivity index (χ1) is 10.0. The van der Waals surface area contributed by atoms with Gasteiger partial charge in [0.25, 0.3) is 0 Å². The lowest BCUT2D eigenvalue weighted by Gasteiger charge is -2.19. The molecule has 0 atom stereocenters. The van der Waals surface area contributed by atoms with Gasteiger partial charge in [0.15, 0.2) is 17.2 Å². The Balaban J connectivity index is 3.73. The number of benzene rings is 1. The Morgan fingerprint density at radius 1 is 0.818 bits per heavy atom. The van der Waals surface area contributed by atoms with Crippen molar-refractivity contribution < 1.29 is 15.3 Å². The van der Waals surface area contributed by atoms with E-state index in [2.05, 4.69) is 6.58 Å². The molecule has 0 unspecified atom stereocenters. The molecule has 3 N–H and O–H groups in total. The van der Waals surface area contributed by atoms with Gasteiger partial charge in [0.05, 0.1) is 0 Å². The van der Waals surface area contributed by atoms with E-state index in [9.17, 15) is 15.3 Å². The van der Waals surface area contributed by atoms with Gasteiger partial charge in [-0.15, -0.1) is 0 Å². The Bertz CT molecular complexity index is 681. The van der Waals surface area contributed by atoms with Crippen molar-refractivity contribution in [3.8, 4) is 17.2 Å². The quantitative estimate of drug-likeness (QED) is 0.454. The standard InChI is InChI=1S/C18H23BO3/c1-8(2)9(3)10(4)11(5)12(6)14-13(7)16(20)18(22)17(21)15(14)19/h20-22H,1H2,2-7H3/b10-9-,12-11+. The first-order valence-electron chi connectivity index (χ1n) is 7.06. The van der Waals surface area contributed by atoms with Crippen LogP contribution in [-0.4, -0.2) is 23.2 Å². The zero-order chi connectivity index (χ0) is 17.4. The smallest absolute Gasteiger partial charge is 0.199 e. The van der Waals surface area contributed by atoms with Crippen molar-refractivity contribution in [1.82, 2.24) is 0 Å². The molecule has 0 heterocycles. The third-order valence-electron chi connectivity index (χ3n) is 4.41. The largest absolute Gasteiger partial charge is 0.505 e. The lowest BCUT2D eigenvalue weighted by atomic mass is 9.80. The van der Waals surface area contributed by atoms with Crippen molar-refractivity contribution >= 4 is 18.9 Å². The third-order valence-corrected chi connectivity index (χ3v) is 4.41. The summed E-state index contributed by atoms with van der Waals surface area (Å²) >= 11 is 0. The lowest BCUT2D eigenvalue weighted by Crippen LogP contribution is -2.13. The predicted molar refractivity (Wildman–Crippen MR) is 93.0 cm³/mol. The first-order valence-corrected chi connectivity index (χ1v) is 7.06. The summed E-state index contributed by atoms with van der Waals surface area (Å²) in [6.45, 7) is 15.4. The van der Waals surface area contributed by atoms with Crippen LogP contribution in [0.2, 0.25) is 0 Å². The fourth-order valence-electron chi connectivity index (χ4n) is 2.41. The second-order valence-electron chi connectivity index (χ2n) is 5.74. The molecule has 0 amide bonds. The predicted octanol–water partition coefficient (Wildman–Crippen LogP) is 3.61. The minimum absolute atomic E-state index is 0.0606. The molecule has 2 radical (unpaired) electrons. The molecule has 0 fully saturated rings. The molecule has 1 aromatic rings. The molecule has 4 heteroatoms. The highest BCUT2D eigenvalue weighted by molar-refractivity contribution is 6.37. The Morgan fingerprint density at radius 3 is 1.77 bits per heavy atom. The monoisotopic (exact) mass is 298 g/mol. The van der Waals surface area contributed by atoms with Crippen LogP contribution in [0.3, 0.4) is 0 Å². The summed E-state index contributed by atoms with van der Waals surface area (Å²) in [6.07, 6.45) is 0. The third kappa shape index (κ3) is 2.91. The van der Waals surface area contributed by atoms with E-state index < -0.39 is 11.5 Å². The maximum atomic E-state index is 9.94. The number of aromatic hydroxyl groups is 3. The average molecular weight is 298 g/mol. The van der Waals surface area contributed by atoms with Crippen molar-refractivity contribution in [1.29, 1.82) is 0 Å². The molecular formula is C18H23BO3. The van der Waals surface area contributed by atoms with Crippen molar-refractivity contribution in [3.05, 3.63) is 40.0 Å². The van der Waals surface area contributed by atoms with E-state index in [1.165, 1.54) is 0 Å². The number of hydrogen-bond donors (Lipinski definition) is 3. The SMILES string of the molecule is [B]c1c(O)c(O)c(O)c(C)c1/C(C)=C(C)/C(C)=C(/C)C(=C)C. The van der Waals surface area contributed by atoms with Gasteiger partial charge >= 0.3 is 0 Å². The highest BCUT2D eigenvalue weighted by Crippen LogP contribution is 2.40. The van der Waals surface area contributed by atoms with E-state index in [4.69, 9.17) is 7.85 Å². The summed E-state index contributed by atoms with van der Waals surface area (Å²) in [5.74, 6) is -1.44. The summed E-state index contributed by atoms with van der Waals surface area (Å²) in [4.78, 5) is 0. The van der Waals surface area contributed by atoms with Gasteiger partial charge in [-0.2, -0.15) is 0 Å². The van der Waals surface area contributed by atoms with Crippen LogP contribution in [0.5, 0.6) is 17.2 Å². The van der Waals surface area contributed by atoms with Gasteiger partial charge in [0.1, 0.15) is 7.85 Å². The number of allylic oxidation sites excluding steroid dienone is 5. The molecule has 22 heavy (non-hydrogen) atoms. The van der Waals surface area contributed by atoms with Crippen LogP contribution in [0.25, 0.3) is 5.57 Å². The Kier molecular flexibility index (Phi) is 5.18. The van der Waals surface area contributed by atoms with Crippen molar-refractivity contribution in [3.63, 3.8) is 0 Å². The van der Waals surface area contributed by atoms with E-state index in [0.29, 0.717) is 11.1 Å². The molecule has 0 saturated heterocycles. The minimum atomic E-state index is -0.588. The fraction of sp³-hybridized carbons (Fsp3) is 0.333. The van der Waals surface area contributed by atoms with Gasteiger partial charge in [0.2, 0.25) is 0 Å². The van der Waals surface area contributed by atoms with Crippen LogP contribution in [0.15, 0.2) is 28.9 Å². The summed E-state index contributed by atoms with van der Waals surface area (Å²) < 4.78 is 0. The molecule has 0 aliphatic rings. The molecule has 3 nitrogen and oxygen atoms in total. The van der Waals surface area contributed by atoms with Gasteiger partial charge in [-0.1, -0.05) is 12.2 Å². The van der Waals surface area contributed by atoms with E-state index in [-0.39, 0.29) is 11.2 Å². The topological polar surface area (TPSA) is 60.7 Å². The molecule has 1 aromatic carbocycles. The second kappa shape index (κ2) is 6.35. The van der Waals surface area contributed by atoms with Gasteiger partial charge in [-0.05, 0) is 74.9 Å². The number of rotatable bonds is 3. The maximum absolute atomic E-state index is 9.94. The van der Waals surface area contributed by atoms with E-state index >= 15 is 0 Å². The summed E-state index contributed by atoms with van der Waals surface area (Å²) in [5.41, 5.74) is 5.98. The molecule has 1 rings (SSSR count). The second-order valence-corrected chi connectivity index (χ2v) is 5.74. The molecule has 0 bridgehead atoms. The Hall–Kier alpha value is -2.10. The molecule has 0 aliphatic carbocycles. The molecule has 0 saturated carbocycles. The van der Waals surface area contributed by atoms with Crippen LogP contribution in [0.1, 0.15) is 45.7 Å². The van der Waals surface area contributed by atoms with Crippen molar-refractivity contribution in [2.24, 2.45) is 0 Å². The zero-order valence-electron chi connectivity index (χ0n) is 14.1. The average Bonchev–Trinajstić information content (AvgIpc) is 2.48. The summed E-state index contributed by atoms with van der Waals surface area (Å²) in [7, 11) is 5.94. The normalized spacial score (nSPS) is 13.5. The van der Waals surface area contributed by atoms with Crippen LogP contribution in [-0.2, 0) is 0 Å². The van der Waals surface area contributed by atoms with Crippen LogP contribution >= 0.6 is 0 Å². The molecule has 116 valence electrons. The van der Waals surface area contributed by atoms with E-state index in [0.717, 1.165) is 27.9 Å². The number of hydrogen-bond acceptors (Lipinski definition) is 3. The van der Waals surface area contributed by atoms with E-state index in [1.54, 1.807) is 6.92 Å². The highest BCUT2D eigenvalue weighted by Gasteiger charge is 2.20. The van der Waals surface area contributed by atoms with Crippen molar-refractivity contribution in [2.75, 3.05) is 0 Å². The fourth-order valence-corrected chi connectivity index (χ4v) is 2.41. The lowest BCUT2D eigenvalue weighted by molar-refractivity contribution is 0.368. The summed E-state index contributed by atoms with van der Waals surface area (Å²) in [5, 5.41) is 29.5. The van der Waals surface area contributed by atoms with Crippen LogP contribution in [0, 0.1) is 6.92 Å². The number of phenols is 3. The molecule has 0 aromatic heterocycles. The van der Waals surface area contributed by atoms with Crippen LogP contribution in [0.4, 0.5) is 0 Å². The summed E-state index contributed by atoms with van der Waals surface area (Å²) in [6, 6.07) is 0. The van der Waals surface area contributed by atoms with Crippen molar-refractivity contribution in [2.45, 2.75) is 41.5 Å². The zero-order valence-corrected chi connectivity index (χ0v) is 14.1. The molecular weight excluding hydrogens is 275 g/mol.